The molecule has 13 heteroatoms. The van der Waals surface area contributed by atoms with Crippen LogP contribution in [-0.4, -0.2) is 38.5 Å². The third-order valence-electron chi connectivity index (χ3n) is 6.89. The van der Waals surface area contributed by atoms with Crippen molar-refractivity contribution < 1.29 is 28.7 Å². The predicted molar refractivity (Wildman–Crippen MR) is 174 cm³/mol. The van der Waals surface area contributed by atoms with E-state index in [9.17, 15) is 24.8 Å². The van der Waals surface area contributed by atoms with E-state index in [0.717, 1.165) is 14.5 Å². The molecule has 0 aliphatic heterocycles. The number of carboxylic acids is 1. The molecule has 0 amide bonds. The third-order valence-corrected chi connectivity index (χ3v) is 7.38. The van der Waals surface area contributed by atoms with Crippen LogP contribution in [0.1, 0.15) is 28.4 Å². The van der Waals surface area contributed by atoms with E-state index in [-0.39, 0.29) is 41.7 Å². The summed E-state index contributed by atoms with van der Waals surface area (Å²) in [4.78, 5) is 41.2. The van der Waals surface area contributed by atoms with Crippen LogP contribution in [0.4, 0.5) is 5.69 Å². The lowest BCUT2D eigenvalue weighted by Crippen LogP contribution is -2.20. The van der Waals surface area contributed by atoms with Gasteiger partial charge < -0.3 is 19.0 Å². The van der Waals surface area contributed by atoms with Crippen LogP contribution >= 0.6 is 15.9 Å². The van der Waals surface area contributed by atoms with Gasteiger partial charge in [0.25, 0.3) is 5.56 Å². The molecule has 0 unspecified atom stereocenters. The number of rotatable bonds is 10. The molecule has 0 aliphatic rings. The molecule has 46 heavy (non-hydrogen) atoms. The van der Waals surface area contributed by atoms with Crippen LogP contribution in [0.25, 0.3) is 33.5 Å². The first-order chi connectivity index (χ1) is 22.2. The zero-order valence-electron chi connectivity index (χ0n) is 24.0. The van der Waals surface area contributed by atoms with Crippen LogP contribution in [0, 0.1) is 10.1 Å². The van der Waals surface area contributed by atoms with Gasteiger partial charge in [-0.25, -0.2) is 9.78 Å². The number of carboxylic acid groups (broad SMARTS) is 1. The number of hydrogen-bond acceptors (Lipinski definition) is 9. The highest BCUT2D eigenvalue weighted by atomic mass is 79.9. The number of benzene rings is 4. The van der Waals surface area contributed by atoms with Gasteiger partial charge in [0, 0.05) is 21.5 Å². The molecule has 0 radical (unpaired) electrons. The first-order valence-electron chi connectivity index (χ1n) is 13.9. The van der Waals surface area contributed by atoms with E-state index >= 15 is 0 Å². The summed E-state index contributed by atoms with van der Waals surface area (Å²) in [6.07, 6.45) is 1.29. The van der Waals surface area contributed by atoms with Gasteiger partial charge in [-0.1, -0.05) is 40.2 Å². The fourth-order valence-corrected chi connectivity index (χ4v) is 5.19. The average Bonchev–Trinajstić information content (AvgIpc) is 3.47. The van der Waals surface area contributed by atoms with Crippen molar-refractivity contribution in [2.45, 2.75) is 13.5 Å². The Hall–Kier alpha value is -5.82. The Labute approximate surface area is 268 Å². The van der Waals surface area contributed by atoms with Crippen LogP contribution in [-0.2, 0) is 6.61 Å². The molecule has 4 aromatic carbocycles. The molecule has 0 spiro atoms. The second kappa shape index (κ2) is 12.7. The van der Waals surface area contributed by atoms with E-state index in [4.69, 9.17) is 13.9 Å². The maximum absolute atomic E-state index is 13.7. The SMILES string of the molecule is CCOc1cc(C=Nn2c(-c3cc4cc(Br)ccc4o3)nc3ccccc3c2=O)cc([N+](=O)[O-])c1OCc1cccc(C(=O)O)c1. The van der Waals surface area contributed by atoms with Crippen LogP contribution in [0.3, 0.4) is 0 Å². The molecule has 0 fully saturated rings. The lowest BCUT2D eigenvalue weighted by atomic mass is 10.1. The molecule has 0 saturated carbocycles. The maximum atomic E-state index is 13.7. The van der Waals surface area contributed by atoms with Crippen molar-refractivity contribution in [2.75, 3.05) is 6.61 Å². The summed E-state index contributed by atoms with van der Waals surface area (Å²) in [5.74, 6) is -0.744. The molecule has 0 bridgehead atoms. The number of ether oxygens (including phenoxy) is 2. The molecule has 2 aromatic heterocycles. The summed E-state index contributed by atoms with van der Waals surface area (Å²) in [5, 5.41) is 27.0. The van der Waals surface area contributed by atoms with Crippen molar-refractivity contribution in [3.8, 4) is 23.1 Å². The molecule has 0 aliphatic carbocycles. The monoisotopic (exact) mass is 682 g/mol. The minimum absolute atomic E-state index is 0.0560. The Morgan fingerprint density at radius 2 is 1.91 bits per heavy atom. The molecular weight excluding hydrogens is 660 g/mol. The quantitative estimate of drug-likeness (QED) is 0.0908. The van der Waals surface area contributed by atoms with Crippen LogP contribution in [0.15, 0.2) is 104 Å². The van der Waals surface area contributed by atoms with Crippen molar-refractivity contribution in [3.63, 3.8) is 0 Å². The number of halogens is 1. The number of nitrogens with zero attached hydrogens (tertiary/aromatic N) is 4. The molecular formula is C33H23BrN4O8. The number of para-hydroxylation sites is 1. The van der Waals surface area contributed by atoms with E-state index in [2.05, 4.69) is 26.0 Å². The number of aromatic carboxylic acids is 1. The smallest absolute Gasteiger partial charge is 0.335 e. The van der Waals surface area contributed by atoms with E-state index in [1.165, 1.54) is 30.5 Å². The normalized spacial score (nSPS) is 11.3. The standard InChI is InChI=1S/C33H23BrN4O8/c1-2-44-28-14-20(13-26(38(42)43)30(28)45-18-19-6-5-7-21(12-19)33(40)41)17-35-37-31(36-25-9-4-3-8-24(25)32(37)39)29-16-22-15-23(34)10-11-27(22)46-29/h3-17H,2,18H2,1H3,(H,40,41). The Balaban J connectivity index is 1.43. The van der Waals surface area contributed by atoms with Gasteiger partial charge in [-0.15, -0.1) is 0 Å². The number of nitro benzene ring substituents is 1. The van der Waals surface area contributed by atoms with Gasteiger partial charge in [-0.05, 0) is 67.1 Å². The topological polar surface area (TPSA) is 159 Å². The maximum Gasteiger partial charge on any atom is 0.335 e. The number of aromatic nitrogens is 2. The van der Waals surface area contributed by atoms with Gasteiger partial charge in [-0.3, -0.25) is 14.9 Å². The number of furan rings is 1. The van der Waals surface area contributed by atoms with Gasteiger partial charge in [0.2, 0.25) is 11.6 Å². The molecule has 12 nitrogen and oxygen atoms in total. The highest BCUT2D eigenvalue weighted by Crippen LogP contribution is 2.39. The summed E-state index contributed by atoms with van der Waals surface area (Å²) in [5.41, 5.74) is 0.945. The highest BCUT2D eigenvalue weighted by molar-refractivity contribution is 9.10. The summed E-state index contributed by atoms with van der Waals surface area (Å²) in [6, 6.07) is 22.9. The van der Waals surface area contributed by atoms with Gasteiger partial charge >= 0.3 is 11.7 Å². The van der Waals surface area contributed by atoms with Gasteiger partial charge in [0.1, 0.15) is 12.2 Å². The Kier molecular flexibility index (Phi) is 8.31. The molecule has 0 saturated heterocycles. The summed E-state index contributed by atoms with van der Waals surface area (Å²) in [7, 11) is 0. The van der Waals surface area contributed by atoms with Gasteiger partial charge in [-0.2, -0.15) is 9.78 Å². The summed E-state index contributed by atoms with van der Waals surface area (Å²) >= 11 is 3.45. The van der Waals surface area contributed by atoms with Crippen LogP contribution < -0.4 is 15.0 Å². The fourth-order valence-electron chi connectivity index (χ4n) is 4.81. The van der Waals surface area contributed by atoms with E-state index in [1.807, 2.05) is 12.1 Å². The summed E-state index contributed by atoms with van der Waals surface area (Å²) in [6.45, 7) is 1.74. The molecule has 6 aromatic rings. The minimum atomic E-state index is -1.11. The molecule has 230 valence electrons. The van der Waals surface area contributed by atoms with Crippen molar-refractivity contribution in [3.05, 3.63) is 127 Å². The van der Waals surface area contributed by atoms with Crippen molar-refractivity contribution in [2.24, 2.45) is 5.10 Å². The van der Waals surface area contributed by atoms with Gasteiger partial charge in [0.15, 0.2) is 11.5 Å². The molecule has 6 rings (SSSR count). The number of nitro groups is 1. The largest absolute Gasteiger partial charge is 0.490 e. The summed E-state index contributed by atoms with van der Waals surface area (Å²) < 4.78 is 19.5. The lowest BCUT2D eigenvalue weighted by Gasteiger charge is -2.13. The van der Waals surface area contributed by atoms with Crippen molar-refractivity contribution in [1.29, 1.82) is 0 Å². The Morgan fingerprint density at radius 3 is 2.70 bits per heavy atom. The zero-order valence-corrected chi connectivity index (χ0v) is 25.6. The Morgan fingerprint density at radius 1 is 1.09 bits per heavy atom. The van der Waals surface area contributed by atoms with Crippen molar-refractivity contribution >= 4 is 55.7 Å². The number of carbonyl (C=O) groups is 1. The first-order valence-corrected chi connectivity index (χ1v) is 14.7. The fraction of sp³-hybridized carbons (Fsp3) is 0.0909. The Bertz CT molecular complexity index is 2240. The predicted octanol–water partition coefficient (Wildman–Crippen LogP) is 7.04. The second-order valence-corrected chi connectivity index (χ2v) is 10.9. The van der Waals surface area contributed by atoms with Crippen LogP contribution in [0.2, 0.25) is 0 Å². The average molecular weight is 683 g/mol. The van der Waals surface area contributed by atoms with E-state index in [0.29, 0.717) is 27.8 Å². The molecule has 0 atom stereocenters. The van der Waals surface area contributed by atoms with Crippen molar-refractivity contribution in [1.82, 2.24) is 9.66 Å². The van der Waals surface area contributed by atoms with Crippen LogP contribution in [0.5, 0.6) is 11.5 Å². The van der Waals surface area contributed by atoms with Gasteiger partial charge in [0.05, 0.1) is 34.2 Å². The minimum Gasteiger partial charge on any atom is -0.490 e. The van der Waals surface area contributed by atoms with E-state index in [1.54, 1.807) is 55.5 Å². The molecule has 2 heterocycles. The number of fused-ring (bicyclic) bond motifs is 2. The highest BCUT2D eigenvalue weighted by Gasteiger charge is 2.23. The zero-order chi connectivity index (χ0) is 32.4. The first kappa shape index (κ1) is 30.2. The van der Waals surface area contributed by atoms with E-state index < -0.39 is 22.1 Å². The second-order valence-electron chi connectivity index (χ2n) is 9.96. The lowest BCUT2D eigenvalue weighted by molar-refractivity contribution is -0.386. The third kappa shape index (κ3) is 6.08. The molecule has 1 N–H and O–H groups in total. The number of hydrogen-bond donors (Lipinski definition) is 1.